The summed E-state index contributed by atoms with van der Waals surface area (Å²) < 4.78 is 25.3. The minimum absolute atomic E-state index is 0.00338. The molecule has 0 atom stereocenters. The fraction of sp³-hybridized carbons (Fsp3) is 0.0435. The third-order valence-corrected chi connectivity index (χ3v) is 6.14. The Morgan fingerprint density at radius 2 is 1.79 bits per heavy atom. The molecule has 1 heterocycles. The summed E-state index contributed by atoms with van der Waals surface area (Å²) in [4.78, 5) is 27.0. The number of ether oxygens (including phenoxy) is 2. The predicted molar refractivity (Wildman–Crippen MR) is 131 cm³/mol. The summed E-state index contributed by atoms with van der Waals surface area (Å²) in [5, 5.41) is 11.2. The topological polar surface area (TPSA) is 91.0 Å². The molecule has 0 aromatic heterocycles. The number of benzene rings is 3. The van der Waals surface area contributed by atoms with Crippen LogP contribution >= 0.6 is 43.5 Å². The van der Waals surface area contributed by atoms with Gasteiger partial charge in [0.15, 0.2) is 5.70 Å². The minimum Gasteiger partial charge on any atom is -0.487 e. The Labute approximate surface area is 214 Å². The maximum atomic E-state index is 13.1. The van der Waals surface area contributed by atoms with Crippen molar-refractivity contribution in [2.45, 2.75) is 6.61 Å². The second-order valence-corrected chi connectivity index (χ2v) is 9.10. The highest BCUT2D eigenvalue weighted by Crippen LogP contribution is 2.36. The minimum atomic E-state index is -0.721. The number of rotatable bonds is 6. The van der Waals surface area contributed by atoms with Crippen LogP contribution in [0.5, 0.6) is 5.75 Å². The molecule has 0 aliphatic carbocycles. The zero-order valence-electron chi connectivity index (χ0n) is 16.9. The average molecular weight is 611 g/mol. The number of cyclic esters (lactones) is 1. The van der Waals surface area contributed by atoms with Gasteiger partial charge in [-0.3, -0.25) is 10.1 Å². The van der Waals surface area contributed by atoms with Crippen LogP contribution in [-0.4, -0.2) is 16.8 Å². The third kappa shape index (κ3) is 5.35. The van der Waals surface area contributed by atoms with Crippen LogP contribution in [-0.2, 0) is 16.1 Å². The van der Waals surface area contributed by atoms with Gasteiger partial charge in [-0.05, 0) is 79.4 Å². The van der Waals surface area contributed by atoms with Crippen molar-refractivity contribution in [1.29, 1.82) is 0 Å². The second-order valence-electron chi connectivity index (χ2n) is 6.99. The molecule has 172 valence electrons. The van der Waals surface area contributed by atoms with E-state index in [0.717, 1.165) is 5.56 Å². The summed E-state index contributed by atoms with van der Waals surface area (Å²) in [6.07, 6.45) is 1.50. The summed E-state index contributed by atoms with van der Waals surface area (Å²) in [5.74, 6) is -0.649. The van der Waals surface area contributed by atoms with E-state index < -0.39 is 10.9 Å². The van der Waals surface area contributed by atoms with Crippen LogP contribution in [0.4, 0.5) is 10.1 Å². The van der Waals surface area contributed by atoms with Crippen LogP contribution in [0, 0.1) is 15.9 Å². The Morgan fingerprint density at radius 3 is 2.44 bits per heavy atom. The molecule has 0 amide bonds. The van der Waals surface area contributed by atoms with Crippen LogP contribution in [0.25, 0.3) is 6.08 Å². The molecule has 7 nitrogen and oxygen atoms in total. The lowest BCUT2D eigenvalue weighted by atomic mass is 10.2. The van der Waals surface area contributed by atoms with Crippen molar-refractivity contribution >= 4 is 67.1 Å². The van der Waals surface area contributed by atoms with E-state index in [-0.39, 0.29) is 40.3 Å². The molecule has 0 saturated carbocycles. The number of carbonyl (C=O) groups is 1. The molecule has 4 rings (SSSR count). The van der Waals surface area contributed by atoms with Gasteiger partial charge >= 0.3 is 5.97 Å². The fourth-order valence-corrected chi connectivity index (χ4v) is 4.66. The van der Waals surface area contributed by atoms with E-state index in [4.69, 9.17) is 21.1 Å². The lowest BCUT2D eigenvalue weighted by Crippen LogP contribution is -2.06. The predicted octanol–water partition coefficient (Wildman–Crippen LogP) is 6.84. The Morgan fingerprint density at radius 1 is 1.12 bits per heavy atom. The number of hydrogen-bond acceptors (Lipinski definition) is 6. The monoisotopic (exact) mass is 608 g/mol. The maximum absolute atomic E-state index is 13.1. The Bertz CT molecular complexity index is 1350. The number of halogens is 4. The maximum Gasteiger partial charge on any atom is 0.363 e. The van der Waals surface area contributed by atoms with Gasteiger partial charge in [0.1, 0.15) is 18.2 Å². The number of nitrogens with zero attached hydrogens (tertiary/aromatic N) is 2. The molecule has 0 bridgehead atoms. The standard InChI is InChI=1S/C23H12Br2ClFN2O5/c24-17-7-13(8-18(25)21(17)33-11-12-1-3-14(27)4-2-12)9-20-23(30)34-22(28-20)16-10-15(29(31)32)5-6-19(16)26/h1-10H,11H2/b20-9-. The van der Waals surface area contributed by atoms with Gasteiger partial charge in [-0.25, -0.2) is 14.2 Å². The number of nitro benzene ring substituents is 1. The highest BCUT2D eigenvalue weighted by Gasteiger charge is 2.27. The van der Waals surface area contributed by atoms with Crippen molar-refractivity contribution in [3.63, 3.8) is 0 Å². The quantitative estimate of drug-likeness (QED) is 0.132. The largest absolute Gasteiger partial charge is 0.487 e. The lowest BCUT2D eigenvalue weighted by Gasteiger charge is -2.11. The zero-order chi connectivity index (χ0) is 24.4. The highest BCUT2D eigenvalue weighted by molar-refractivity contribution is 9.11. The first-order chi connectivity index (χ1) is 16.2. The van der Waals surface area contributed by atoms with E-state index in [1.807, 2.05) is 0 Å². The van der Waals surface area contributed by atoms with Crippen molar-refractivity contribution in [2.75, 3.05) is 0 Å². The van der Waals surface area contributed by atoms with Gasteiger partial charge in [-0.15, -0.1) is 0 Å². The van der Waals surface area contributed by atoms with Crippen molar-refractivity contribution in [2.24, 2.45) is 4.99 Å². The number of esters is 1. The van der Waals surface area contributed by atoms with Gasteiger partial charge in [0.05, 0.1) is 24.5 Å². The smallest absolute Gasteiger partial charge is 0.363 e. The van der Waals surface area contributed by atoms with Gasteiger partial charge < -0.3 is 9.47 Å². The lowest BCUT2D eigenvalue weighted by molar-refractivity contribution is -0.384. The molecule has 0 spiro atoms. The first-order valence-corrected chi connectivity index (χ1v) is 11.5. The number of hydrogen-bond donors (Lipinski definition) is 0. The van der Waals surface area contributed by atoms with Crippen molar-refractivity contribution in [1.82, 2.24) is 0 Å². The molecule has 0 radical (unpaired) electrons. The van der Waals surface area contributed by atoms with E-state index in [1.165, 1.54) is 36.4 Å². The van der Waals surface area contributed by atoms with Gasteiger partial charge in [0, 0.05) is 12.1 Å². The van der Waals surface area contributed by atoms with Crippen LogP contribution in [0.2, 0.25) is 5.02 Å². The molecule has 11 heteroatoms. The van der Waals surface area contributed by atoms with Gasteiger partial charge in [0.25, 0.3) is 5.69 Å². The van der Waals surface area contributed by atoms with Crippen LogP contribution in [0.3, 0.4) is 0 Å². The summed E-state index contributed by atoms with van der Waals surface area (Å²) >= 11 is 13.0. The van der Waals surface area contributed by atoms with Gasteiger partial charge in [-0.1, -0.05) is 23.7 Å². The molecular weight excluding hydrogens is 599 g/mol. The summed E-state index contributed by atoms with van der Waals surface area (Å²) in [6.45, 7) is 0.224. The summed E-state index contributed by atoms with van der Waals surface area (Å²) in [6, 6.07) is 13.2. The Kier molecular flexibility index (Phi) is 7.11. The molecule has 0 saturated heterocycles. The van der Waals surface area contributed by atoms with Crippen LogP contribution in [0.1, 0.15) is 16.7 Å². The normalized spacial score (nSPS) is 14.2. The average Bonchev–Trinajstić information content (AvgIpc) is 3.14. The fourth-order valence-electron chi connectivity index (χ4n) is 3.01. The molecular formula is C23H12Br2ClFN2O5. The van der Waals surface area contributed by atoms with Crippen LogP contribution < -0.4 is 4.74 Å². The molecule has 1 aliphatic heterocycles. The van der Waals surface area contributed by atoms with Crippen LogP contribution in [0.15, 0.2) is 74.2 Å². The summed E-state index contributed by atoms with van der Waals surface area (Å²) in [7, 11) is 0. The third-order valence-electron chi connectivity index (χ3n) is 4.63. The first kappa shape index (κ1) is 24.1. The number of nitro groups is 1. The van der Waals surface area contributed by atoms with Crippen molar-refractivity contribution in [3.05, 3.63) is 107 Å². The molecule has 0 fully saturated rings. The first-order valence-electron chi connectivity index (χ1n) is 9.54. The molecule has 3 aromatic rings. The Balaban J connectivity index is 1.58. The molecule has 0 unspecified atom stereocenters. The van der Waals surface area contributed by atoms with E-state index in [0.29, 0.717) is 20.3 Å². The van der Waals surface area contributed by atoms with Crippen molar-refractivity contribution < 1.29 is 23.6 Å². The van der Waals surface area contributed by atoms with Gasteiger partial charge in [0.2, 0.25) is 5.90 Å². The van der Waals surface area contributed by atoms with E-state index in [1.54, 1.807) is 24.3 Å². The number of aliphatic imine (C=N–C) groups is 1. The Hall–Kier alpha value is -3.08. The summed E-state index contributed by atoms with van der Waals surface area (Å²) in [5.41, 5.74) is 1.33. The molecule has 1 aliphatic rings. The number of non-ortho nitro benzene ring substituents is 1. The van der Waals surface area contributed by atoms with E-state index in [9.17, 15) is 19.3 Å². The molecule has 34 heavy (non-hydrogen) atoms. The zero-order valence-corrected chi connectivity index (χ0v) is 20.9. The number of carbonyl (C=O) groups excluding carboxylic acids is 1. The van der Waals surface area contributed by atoms with E-state index in [2.05, 4.69) is 36.9 Å². The van der Waals surface area contributed by atoms with Gasteiger partial charge in [-0.2, -0.15) is 0 Å². The molecule has 3 aromatic carbocycles. The van der Waals surface area contributed by atoms with E-state index >= 15 is 0 Å². The highest BCUT2D eigenvalue weighted by atomic mass is 79.9. The van der Waals surface area contributed by atoms with Crippen molar-refractivity contribution in [3.8, 4) is 5.75 Å². The second kappa shape index (κ2) is 10.0. The SMILES string of the molecule is O=C1OC(c2cc([N+](=O)[O-])ccc2Cl)=N/C1=C\c1cc(Br)c(OCc2ccc(F)cc2)c(Br)c1. The molecule has 0 N–H and O–H groups in total.